The fourth-order valence-electron chi connectivity index (χ4n) is 8.01. The average Bonchev–Trinajstić information content (AvgIpc) is 4.16. The minimum absolute atomic E-state index is 0.556. The molecular weight excluding hydrogens is 945 g/mol. The largest absolute Gasteiger partial charge is 0.242 e. The molecule has 8 rings (SSSR count). The highest BCUT2D eigenvalue weighted by molar-refractivity contribution is 7.31. The molecule has 0 atom stereocenters. The van der Waals surface area contributed by atoms with Crippen LogP contribution in [-0.4, -0.2) is 39.9 Å². The molecule has 0 amide bonds. The van der Waals surface area contributed by atoms with Crippen molar-refractivity contribution in [3.05, 3.63) is 58.3 Å². The summed E-state index contributed by atoms with van der Waals surface area (Å²) in [5, 5.41) is 12.1. The lowest BCUT2D eigenvalue weighted by atomic mass is 9.97. The number of nitrogens with zero attached hydrogens (tertiary/aromatic N) is 8. The maximum absolute atomic E-state index is 5.43. The van der Waals surface area contributed by atoms with Gasteiger partial charge in [0.25, 0.3) is 0 Å². The molecule has 64 heavy (non-hydrogen) atoms. The van der Waals surface area contributed by atoms with Gasteiger partial charge < -0.3 is 0 Å². The van der Waals surface area contributed by atoms with Gasteiger partial charge in [0.05, 0.1) is 52.0 Å². The van der Waals surface area contributed by atoms with Gasteiger partial charge >= 0.3 is 0 Å². The molecule has 0 radical (unpaired) electrons. The van der Waals surface area contributed by atoms with E-state index in [1.54, 1.807) is 90.7 Å². The zero-order valence-electron chi connectivity index (χ0n) is 38.1. The van der Waals surface area contributed by atoms with E-state index in [0.29, 0.717) is 23.7 Å². The van der Waals surface area contributed by atoms with Crippen LogP contribution in [0.4, 0.5) is 0 Å². The number of hydrogen-bond acceptors (Lipinski definition) is 16. The SMILES string of the molecule is CCC(CC)Cc1csc(-c2nc(CC(CC)CC)c(-c3cnc(-c4ncc(-c5sc(-c6nc(CC(CC)CC)c(-c7cnc(-c8nccs8)s7)s6)nc5CC(CC)CC)s4)s3)s2)n1. The molecule has 8 nitrogen and oxygen atoms in total. The van der Waals surface area contributed by atoms with Gasteiger partial charge in [-0.05, 0) is 49.4 Å². The molecule has 8 aromatic rings. The molecule has 0 unspecified atom stereocenters. The summed E-state index contributed by atoms with van der Waals surface area (Å²) in [7, 11) is 0. The minimum atomic E-state index is 0.556. The Morgan fingerprint density at radius 2 is 0.750 bits per heavy atom. The van der Waals surface area contributed by atoms with E-state index in [0.717, 1.165) is 130 Å². The second-order valence-electron chi connectivity index (χ2n) is 16.5. The number of aromatic nitrogens is 8. The van der Waals surface area contributed by atoms with Gasteiger partial charge in [-0.15, -0.1) is 90.7 Å². The standard InChI is InChI=1S/C48H58N8S8/c1-9-27(10-2)19-31-26-58-45(53-31)46-54-32(20-28(11-3)12-4)38(62-46)36-24-51-43(60-36)44-52-25-37(61-44)40-34(22-30(15-7)16-8)56-48(64-40)47-55-33(21-29(13-5)14-6)39(63-47)35-23-50-42(59-35)41-49-17-18-57-41/h17-18,23-30H,9-16,19-22H2,1-8H3. The molecule has 0 N–H and O–H groups in total. The molecule has 8 heterocycles. The first kappa shape index (κ1) is 47.5. The predicted molar refractivity (Wildman–Crippen MR) is 281 cm³/mol. The number of thiazole rings is 8. The highest BCUT2D eigenvalue weighted by Crippen LogP contribution is 2.47. The summed E-state index contributed by atoms with van der Waals surface area (Å²) >= 11 is 13.8. The molecular formula is C48H58N8S8. The van der Waals surface area contributed by atoms with Crippen LogP contribution in [-0.2, 0) is 25.7 Å². The monoisotopic (exact) mass is 1000 g/mol. The van der Waals surface area contributed by atoms with E-state index in [2.05, 4.69) is 65.8 Å². The van der Waals surface area contributed by atoms with Crippen LogP contribution in [0.5, 0.6) is 0 Å². The molecule has 8 aromatic heterocycles. The van der Waals surface area contributed by atoms with Gasteiger partial charge in [-0.2, -0.15) is 0 Å². The third kappa shape index (κ3) is 10.7. The molecule has 0 aliphatic heterocycles. The molecule has 0 saturated heterocycles. The van der Waals surface area contributed by atoms with Crippen molar-refractivity contribution in [1.82, 2.24) is 39.9 Å². The lowest BCUT2D eigenvalue weighted by molar-refractivity contribution is 0.486. The Balaban J connectivity index is 1.12. The van der Waals surface area contributed by atoms with Crippen molar-refractivity contribution in [2.75, 3.05) is 0 Å². The van der Waals surface area contributed by atoms with E-state index in [9.17, 15) is 0 Å². The lowest BCUT2D eigenvalue weighted by Gasteiger charge is -2.11. The average molecular weight is 1000 g/mol. The summed E-state index contributed by atoms with van der Waals surface area (Å²) in [6.07, 6.45) is 21.0. The highest BCUT2D eigenvalue weighted by atomic mass is 32.1. The summed E-state index contributed by atoms with van der Waals surface area (Å²) in [6.45, 7) is 18.3. The smallest absolute Gasteiger partial charge is 0.153 e. The van der Waals surface area contributed by atoms with E-state index in [-0.39, 0.29) is 0 Å². The first-order chi connectivity index (χ1) is 31.3. The van der Waals surface area contributed by atoms with Crippen molar-refractivity contribution in [3.63, 3.8) is 0 Å². The van der Waals surface area contributed by atoms with Crippen LogP contribution >= 0.6 is 90.7 Å². The third-order valence-electron chi connectivity index (χ3n) is 12.6. The van der Waals surface area contributed by atoms with E-state index < -0.39 is 0 Å². The topological polar surface area (TPSA) is 103 Å². The Kier molecular flexibility index (Phi) is 16.5. The van der Waals surface area contributed by atoms with Crippen LogP contribution in [0.1, 0.15) is 130 Å². The zero-order valence-corrected chi connectivity index (χ0v) is 44.6. The molecule has 0 aromatic carbocycles. The Labute approximate surface area is 410 Å². The summed E-state index contributed by atoms with van der Waals surface area (Å²) in [4.78, 5) is 47.7. The Morgan fingerprint density at radius 1 is 0.375 bits per heavy atom. The molecule has 338 valence electrons. The number of hydrogen-bond donors (Lipinski definition) is 0. The van der Waals surface area contributed by atoms with Gasteiger partial charge in [0.15, 0.2) is 40.1 Å². The van der Waals surface area contributed by atoms with Gasteiger partial charge in [0.1, 0.15) is 0 Å². The van der Waals surface area contributed by atoms with Gasteiger partial charge in [0, 0.05) is 35.5 Å². The molecule has 0 spiro atoms. The van der Waals surface area contributed by atoms with Crippen LogP contribution in [0, 0.1) is 23.7 Å². The zero-order chi connectivity index (χ0) is 44.7. The molecule has 0 fully saturated rings. The van der Waals surface area contributed by atoms with Crippen LogP contribution in [0.15, 0.2) is 35.5 Å². The second-order valence-corrected chi connectivity index (χ2v) is 24.3. The fourth-order valence-corrected chi connectivity index (χ4v) is 16.0. The molecule has 0 saturated carbocycles. The Hall–Kier alpha value is -2.96. The van der Waals surface area contributed by atoms with Crippen molar-refractivity contribution in [3.8, 4) is 69.3 Å². The van der Waals surface area contributed by atoms with Crippen molar-refractivity contribution >= 4 is 90.7 Å². The Morgan fingerprint density at radius 3 is 1.12 bits per heavy atom. The molecule has 0 bridgehead atoms. The fraction of sp³-hybridized carbons (Fsp3) is 0.500. The van der Waals surface area contributed by atoms with E-state index >= 15 is 0 Å². The van der Waals surface area contributed by atoms with Gasteiger partial charge in [0.2, 0.25) is 0 Å². The second kappa shape index (κ2) is 22.2. The maximum Gasteiger partial charge on any atom is 0.153 e. The number of rotatable bonds is 23. The van der Waals surface area contributed by atoms with Gasteiger partial charge in [-0.25, -0.2) is 39.9 Å². The minimum Gasteiger partial charge on any atom is -0.242 e. The highest BCUT2D eigenvalue weighted by Gasteiger charge is 2.26. The first-order valence-electron chi connectivity index (χ1n) is 23.0. The molecule has 0 aliphatic rings. The van der Waals surface area contributed by atoms with Crippen LogP contribution in [0.3, 0.4) is 0 Å². The summed E-state index contributed by atoms with van der Waals surface area (Å²) in [6, 6.07) is 0. The summed E-state index contributed by atoms with van der Waals surface area (Å²) in [5.74, 6) is 2.39. The third-order valence-corrected chi connectivity index (χ3v) is 21.6. The van der Waals surface area contributed by atoms with Crippen LogP contribution < -0.4 is 0 Å². The predicted octanol–water partition coefficient (Wildman–Crippen LogP) is 16.9. The van der Waals surface area contributed by atoms with E-state index in [4.69, 9.17) is 34.9 Å². The van der Waals surface area contributed by atoms with Gasteiger partial charge in [-0.3, -0.25) is 0 Å². The summed E-state index contributed by atoms with van der Waals surface area (Å²) in [5.41, 5.74) is 4.68. The van der Waals surface area contributed by atoms with E-state index in [1.165, 1.54) is 38.9 Å². The van der Waals surface area contributed by atoms with Crippen molar-refractivity contribution in [1.29, 1.82) is 0 Å². The molecule has 16 heteroatoms. The Bertz CT molecular complexity index is 2670. The van der Waals surface area contributed by atoms with Gasteiger partial charge in [-0.1, -0.05) is 107 Å². The lowest BCUT2D eigenvalue weighted by Crippen LogP contribution is -2.03. The maximum atomic E-state index is 5.43. The van der Waals surface area contributed by atoms with Crippen molar-refractivity contribution in [2.45, 2.75) is 132 Å². The van der Waals surface area contributed by atoms with Crippen molar-refractivity contribution < 1.29 is 0 Å². The van der Waals surface area contributed by atoms with Crippen molar-refractivity contribution in [2.24, 2.45) is 23.7 Å². The van der Waals surface area contributed by atoms with Crippen LogP contribution in [0.2, 0.25) is 0 Å². The first-order valence-corrected chi connectivity index (χ1v) is 29.7. The normalized spacial score (nSPS) is 12.1. The molecule has 0 aliphatic carbocycles. The van der Waals surface area contributed by atoms with E-state index in [1.807, 2.05) is 30.2 Å². The summed E-state index contributed by atoms with van der Waals surface area (Å²) < 4.78 is 0. The van der Waals surface area contributed by atoms with Crippen LogP contribution in [0.25, 0.3) is 69.3 Å². The quantitative estimate of drug-likeness (QED) is 0.0624.